The molecule has 2 heterocycles. The summed E-state index contributed by atoms with van der Waals surface area (Å²) in [6.07, 6.45) is 4.00. The quantitative estimate of drug-likeness (QED) is 0.750. The molecule has 1 N–H and O–H groups in total. The lowest BCUT2D eigenvalue weighted by Crippen LogP contribution is -2.20. The monoisotopic (exact) mass is 225 g/mol. The maximum Gasteiger partial charge on any atom is 0.138 e. The smallest absolute Gasteiger partial charge is 0.138 e. The number of aryl methyl sites for hydroxylation is 1. The number of aliphatic hydroxyl groups is 1. The summed E-state index contributed by atoms with van der Waals surface area (Å²) >= 11 is 0. The van der Waals surface area contributed by atoms with Crippen molar-refractivity contribution < 1.29 is 9.84 Å². The number of aromatic nitrogens is 3. The van der Waals surface area contributed by atoms with Crippen LogP contribution in [0.2, 0.25) is 0 Å². The predicted molar refractivity (Wildman–Crippen MR) is 59.3 cm³/mol. The summed E-state index contributed by atoms with van der Waals surface area (Å²) in [5.74, 6) is 2.17. The molecule has 1 aromatic heterocycles. The Balaban J connectivity index is 2.07. The first-order valence-electron chi connectivity index (χ1n) is 5.88. The highest BCUT2D eigenvalue weighted by molar-refractivity contribution is 5.05. The SMILES string of the molecule is COCCCc1nnc2n1CCCC2CO. The van der Waals surface area contributed by atoms with Gasteiger partial charge >= 0.3 is 0 Å². The lowest BCUT2D eigenvalue weighted by molar-refractivity contribution is 0.194. The summed E-state index contributed by atoms with van der Waals surface area (Å²) in [5.41, 5.74) is 0. The van der Waals surface area contributed by atoms with E-state index in [1.165, 1.54) is 0 Å². The molecule has 0 radical (unpaired) electrons. The zero-order valence-corrected chi connectivity index (χ0v) is 9.72. The van der Waals surface area contributed by atoms with Crippen LogP contribution >= 0.6 is 0 Å². The summed E-state index contributed by atoms with van der Waals surface area (Å²) in [7, 11) is 1.71. The number of nitrogens with zero attached hydrogens (tertiary/aromatic N) is 3. The van der Waals surface area contributed by atoms with Crippen molar-refractivity contribution in [1.29, 1.82) is 0 Å². The third-order valence-electron chi connectivity index (χ3n) is 3.12. The van der Waals surface area contributed by atoms with Crippen molar-refractivity contribution >= 4 is 0 Å². The van der Waals surface area contributed by atoms with E-state index in [0.29, 0.717) is 0 Å². The van der Waals surface area contributed by atoms with E-state index in [9.17, 15) is 5.11 Å². The minimum atomic E-state index is 0.177. The van der Waals surface area contributed by atoms with E-state index >= 15 is 0 Å². The third kappa shape index (κ3) is 2.25. The number of aliphatic hydroxyl groups excluding tert-OH is 1. The molecule has 0 amide bonds. The molecule has 0 aliphatic carbocycles. The molecular weight excluding hydrogens is 206 g/mol. The Bertz CT molecular complexity index is 338. The van der Waals surface area contributed by atoms with Crippen molar-refractivity contribution in [3.8, 4) is 0 Å². The van der Waals surface area contributed by atoms with Crippen molar-refractivity contribution in [2.75, 3.05) is 20.3 Å². The minimum Gasteiger partial charge on any atom is -0.396 e. The lowest BCUT2D eigenvalue weighted by atomic mass is 10.00. The largest absolute Gasteiger partial charge is 0.396 e. The molecule has 1 aliphatic rings. The molecule has 2 rings (SSSR count). The topological polar surface area (TPSA) is 60.2 Å². The fourth-order valence-electron chi connectivity index (χ4n) is 2.25. The van der Waals surface area contributed by atoms with Crippen LogP contribution in [0, 0.1) is 0 Å². The van der Waals surface area contributed by atoms with Gasteiger partial charge in [0, 0.05) is 32.6 Å². The second-order valence-corrected chi connectivity index (χ2v) is 4.24. The van der Waals surface area contributed by atoms with Crippen LogP contribution in [0.25, 0.3) is 0 Å². The molecule has 0 spiro atoms. The number of hydrogen-bond acceptors (Lipinski definition) is 4. The van der Waals surface area contributed by atoms with Crippen LogP contribution in [0.15, 0.2) is 0 Å². The molecule has 0 bridgehead atoms. The highest BCUT2D eigenvalue weighted by Gasteiger charge is 2.24. The number of rotatable bonds is 5. The Labute approximate surface area is 95.4 Å². The van der Waals surface area contributed by atoms with Crippen LogP contribution < -0.4 is 0 Å². The van der Waals surface area contributed by atoms with Gasteiger partial charge in [-0.05, 0) is 19.3 Å². The van der Waals surface area contributed by atoms with Crippen LogP contribution in [-0.4, -0.2) is 40.2 Å². The van der Waals surface area contributed by atoms with Crippen LogP contribution in [0.4, 0.5) is 0 Å². The van der Waals surface area contributed by atoms with E-state index in [4.69, 9.17) is 4.74 Å². The number of ether oxygens (including phenoxy) is 1. The van der Waals surface area contributed by atoms with Gasteiger partial charge in [-0.15, -0.1) is 10.2 Å². The molecule has 1 unspecified atom stereocenters. The third-order valence-corrected chi connectivity index (χ3v) is 3.12. The van der Waals surface area contributed by atoms with Crippen LogP contribution in [0.5, 0.6) is 0 Å². The molecule has 1 atom stereocenters. The number of methoxy groups -OCH3 is 1. The number of hydrogen-bond donors (Lipinski definition) is 1. The molecule has 1 aliphatic heterocycles. The van der Waals surface area contributed by atoms with Gasteiger partial charge < -0.3 is 14.4 Å². The van der Waals surface area contributed by atoms with Crippen LogP contribution in [0.3, 0.4) is 0 Å². The Morgan fingerprint density at radius 2 is 2.38 bits per heavy atom. The van der Waals surface area contributed by atoms with Crippen molar-refractivity contribution in [2.24, 2.45) is 0 Å². The Kier molecular flexibility index (Phi) is 3.90. The highest BCUT2D eigenvalue weighted by Crippen LogP contribution is 2.26. The van der Waals surface area contributed by atoms with Gasteiger partial charge in [0.2, 0.25) is 0 Å². The molecule has 5 heteroatoms. The standard InChI is InChI=1S/C11H19N3O2/c1-16-7-3-5-10-12-13-11-9(8-15)4-2-6-14(10)11/h9,15H,2-8H2,1H3. The van der Waals surface area contributed by atoms with E-state index in [-0.39, 0.29) is 12.5 Å². The molecule has 90 valence electrons. The summed E-state index contributed by atoms with van der Waals surface area (Å²) in [6, 6.07) is 0. The molecule has 16 heavy (non-hydrogen) atoms. The predicted octanol–water partition coefficient (Wildman–Crippen LogP) is 0.727. The molecule has 1 aromatic rings. The molecule has 0 saturated heterocycles. The van der Waals surface area contributed by atoms with E-state index in [1.807, 2.05) is 0 Å². The summed E-state index contributed by atoms with van der Waals surface area (Å²) < 4.78 is 7.20. The first kappa shape index (κ1) is 11.5. The second-order valence-electron chi connectivity index (χ2n) is 4.24. The minimum absolute atomic E-state index is 0.177. The summed E-state index contributed by atoms with van der Waals surface area (Å²) in [4.78, 5) is 0. The fourth-order valence-corrected chi connectivity index (χ4v) is 2.25. The molecule has 0 fully saturated rings. The zero-order chi connectivity index (χ0) is 11.4. The first-order valence-corrected chi connectivity index (χ1v) is 5.88. The van der Waals surface area contributed by atoms with Gasteiger partial charge in [0.05, 0.1) is 6.61 Å². The molecule has 5 nitrogen and oxygen atoms in total. The average molecular weight is 225 g/mol. The van der Waals surface area contributed by atoms with Gasteiger partial charge in [-0.3, -0.25) is 0 Å². The Morgan fingerprint density at radius 3 is 3.12 bits per heavy atom. The first-order chi connectivity index (χ1) is 7.86. The van der Waals surface area contributed by atoms with Gasteiger partial charge in [-0.1, -0.05) is 0 Å². The Morgan fingerprint density at radius 1 is 1.50 bits per heavy atom. The van der Waals surface area contributed by atoms with Crippen molar-refractivity contribution in [3.63, 3.8) is 0 Å². The van der Waals surface area contributed by atoms with E-state index in [0.717, 1.165) is 50.5 Å². The number of fused-ring (bicyclic) bond motifs is 1. The fraction of sp³-hybridized carbons (Fsp3) is 0.818. The normalized spacial score (nSPS) is 19.8. The summed E-state index contributed by atoms with van der Waals surface area (Å²) in [5, 5.41) is 17.7. The maximum atomic E-state index is 9.26. The van der Waals surface area contributed by atoms with Gasteiger partial charge in [0.25, 0.3) is 0 Å². The Hall–Kier alpha value is -0.940. The lowest BCUT2D eigenvalue weighted by Gasteiger charge is -2.21. The van der Waals surface area contributed by atoms with Crippen LogP contribution in [-0.2, 0) is 17.7 Å². The van der Waals surface area contributed by atoms with Crippen molar-refractivity contribution in [1.82, 2.24) is 14.8 Å². The molecule has 0 aromatic carbocycles. The van der Waals surface area contributed by atoms with Gasteiger partial charge in [-0.25, -0.2) is 0 Å². The van der Waals surface area contributed by atoms with E-state index in [1.54, 1.807) is 7.11 Å². The zero-order valence-electron chi connectivity index (χ0n) is 9.72. The van der Waals surface area contributed by atoms with E-state index in [2.05, 4.69) is 14.8 Å². The van der Waals surface area contributed by atoms with Crippen molar-refractivity contribution in [3.05, 3.63) is 11.6 Å². The van der Waals surface area contributed by atoms with E-state index < -0.39 is 0 Å². The molecular formula is C11H19N3O2. The second kappa shape index (κ2) is 5.41. The maximum absolute atomic E-state index is 9.26. The van der Waals surface area contributed by atoms with Gasteiger partial charge in [0.1, 0.15) is 11.6 Å². The van der Waals surface area contributed by atoms with Crippen LogP contribution in [0.1, 0.15) is 36.8 Å². The van der Waals surface area contributed by atoms with Gasteiger partial charge in [-0.2, -0.15) is 0 Å². The average Bonchev–Trinajstić information content (AvgIpc) is 2.73. The highest BCUT2D eigenvalue weighted by atomic mass is 16.5. The summed E-state index contributed by atoms with van der Waals surface area (Å²) in [6.45, 7) is 1.92. The van der Waals surface area contributed by atoms with Gasteiger partial charge in [0.15, 0.2) is 0 Å². The molecule has 0 saturated carbocycles. The van der Waals surface area contributed by atoms with Crippen molar-refractivity contribution in [2.45, 2.75) is 38.1 Å².